The SMILES string of the molecule is O=[N+]([O-])c1ccc2nn(-c3cc4cc(OCCS)ccc4cc3O)nc2c1. The molecule has 1 aromatic heterocycles. The number of benzene rings is 3. The summed E-state index contributed by atoms with van der Waals surface area (Å²) in [6.07, 6.45) is 0. The van der Waals surface area contributed by atoms with Crippen molar-refractivity contribution in [3.63, 3.8) is 0 Å². The molecule has 27 heavy (non-hydrogen) atoms. The van der Waals surface area contributed by atoms with E-state index in [1.54, 1.807) is 12.1 Å². The molecule has 0 spiro atoms. The van der Waals surface area contributed by atoms with Gasteiger partial charge < -0.3 is 9.84 Å². The molecular formula is C18H14N4O4S. The van der Waals surface area contributed by atoms with E-state index in [9.17, 15) is 15.2 Å². The summed E-state index contributed by atoms with van der Waals surface area (Å²) < 4.78 is 5.58. The predicted molar refractivity (Wildman–Crippen MR) is 104 cm³/mol. The standard InChI is InChI=1S/C18H14N4O4S/c23-18-9-11-1-3-14(26-5-6-27)7-12(11)8-17(18)21-19-15-4-2-13(22(24)25)10-16(15)20-21/h1-4,7-10,23,27H,5-6H2. The number of thiol groups is 1. The highest BCUT2D eigenvalue weighted by atomic mass is 32.1. The maximum atomic E-state index is 10.9. The van der Waals surface area contributed by atoms with Crippen LogP contribution in [0.1, 0.15) is 0 Å². The van der Waals surface area contributed by atoms with Crippen LogP contribution in [0.2, 0.25) is 0 Å². The first-order valence-electron chi connectivity index (χ1n) is 8.07. The van der Waals surface area contributed by atoms with Crippen LogP contribution < -0.4 is 4.74 Å². The number of phenolic OH excluding ortho intramolecular Hbond substituents is 1. The fourth-order valence-corrected chi connectivity index (χ4v) is 2.88. The minimum Gasteiger partial charge on any atom is -0.506 e. The van der Waals surface area contributed by atoms with Crippen LogP contribution in [-0.4, -0.2) is 37.4 Å². The molecule has 1 N–H and O–H groups in total. The average molecular weight is 382 g/mol. The van der Waals surface area contributed by atoms with Crippen molar-refractivity contribution in [1.82, 2.24) is 15.0 Å². The van der Waals surface area contributed by atoms with E-state index in [0.29, 0.717) is 34.8 Å². The lowest BCUT2D eigenvalue weighted by Gasteiger charge is -2.08. The first-order valence-corrected chi connectivity index (χ1v) is 8.71. The number of nitro benzene ring substituents is 1. The van der Waals surface area contributed by atoms with Gasteiger partial charge in [-0.05, 0) is 41.1 Å². The Morgan fingerprint density at radius 1 is 1.07 bits per heavy atom. The average Bonchev–Trinajstić information content (AvgIpc) is 3.08. The number of aromatic hydroxyl groups is 1. The highest BCUT2D eigenvalue weighted by Gasteiger charge is 2.14. The van der Waals surface area contributed by atoms with Crippen molar-refractivity contribution < 1.29 is 14.8 Å². The third-order valence-electron chi connectivity index (χ3n) is 4.06. The highest BCUT2D eigenvalue weighted by molar-refractivity contribution is 7.80. The summed E-state index contributed by atoms with van der Waals surface area (Å²) in [6, 6.07) is 13.1. The molecule has 136 valence electrons. The van der Waals surface area contributed by atoms with Crippen molar-refractivity contribution in [3.05, 3.63) is 58.6 Å². The molecule has 0 bridgehead atoms. The van der Waals surface area contributed by atoms with Gasteiger partial charge in [-0.3, -0.25) is 10.1 Å². The zero-order valence-electron chi connectivity index (χ0n) is 13.9. The van der Waals surface area contributed by atoms with Crippen molar-refractivity contribution in [2.24, 2.45) is 0 Å². The van der Waals surface area contributed by atoms with Gasteiger partial charge >= 0.3 is 0 Å². The fraction of sp³-hybridized carbons (Fsp3) is 0.111. The van der Waals surface area contributed by atoms with Crippen LogP contribution in [-0.2, 0) is 0 Å². The number of rotatable bonds is 5. The van der Waals surface area contributed by atoms with E-state index in [2.05, 4.69) is 22.8 Å². The van der Waals surface area contributed by atoms with Crippen molar-refractivity contribution in [2.45, 2.75) is 0 Å². The number of nitrogens with zero attached hydrogens (tertiary/aromatic N) is 4. The number of fused-ring (bicyclic) bond motifs is 2. The van der Waals surface area contributed by atoms with Gasteiger partial charge in [0.15, 0.2) is 0 Å². The van der Waals surface area contributed by atoms with E-state index < -0.39 is 4.92 Å². The molecular weight excluding hydrogens is 368 g/mol. The quantitative estimate of drug-likeness (QED) is 0.311. The highest BCUT2D eigenvalue weighted by Crippen LogP contribution is 2.30. The summed E-state index contributed by atoms with van der Waals surface area (Å²) in [5.74, 6) is 1.30. The van der Waals surface area contributed by atoms with Crippen LogP contribution in [0.25, 0.3) is 27.5 Å². The van der Waals surface area contributed by atoms with Crippen LogP contribution in [0.5, 0.6) is 11.5 Å². The first-order chi connectivity index (χ1) is 13.0. The Bertz CT molecular complexity index is 1170. The second-order valence-corrected chi connectivity index (χ2v) is 6.29. The van der Waals surface area contributed by atoms with Gasteiger partial charge in [0.2, 0.25) is 0 Å². The van der Waals surface area contributed by atoms with E-state index in [1.807, 2.05) is 18.2 Å². The molecule has 4 rings (SSSR count). The zero-order chi connectivity index (χ0) is 19.0. The lowest BCUT2D eigenvalue weighted by atomic mass is 10.1. The Morgan fingerprint density at radius 2 is 1.89 bits per heavy atom. The Balaban J connectivity index is 1.80. The molecule has 0 fully saturated rings. The number of aromatic nitrogens is 3. The normalized spacial score (nSPS) is 11.1. The first kappa shape index (κ1) is 17.1. The number of nitro groups is 1. The molecule has 3 aromatic carbocycles. The minimum atomic E-state index is -0.488. The molecule has 0 aliphatic heterocycles. The lowest BCUT2D eigenvalue weighted by Crippen LogP contribution is -2.00. The smallest absolute Gasteiger partial charge is 0.271 e. The van der Waals surface area contributed by atoms with Gasteiger partial charge in [0.05, 0.1) is 11.5 Å². The minimum absolute atomic E-state index is 0.00123. The molecule has 0 atom stereocenters. The molecule has 0 aliphatic carbocycles. The van der Waals surface area contributed by atoms with Crippen LogP contribution in [0.15, 0.2) is 48.5 Å². The van der Waals surface area contributed by atoms with Crippen molar-refractivity contribution in [1.29, 1.82) is 0 Å². The molecule has 0 radical (unpaired) electrons. The predicted octanol–water partition coefficient (Wildman–Crippen LogP) is 3.50. The van der Waals surface area contributed by atoms with Crippen LogP contribution in [0, 0.1) is 10.1 Å². The van der Waals surface area contributed by atoms with Crippen molar-refractivity contribution >= 4 is 40.1 Å². The second-order valence-electron chi connectivity index (χ2n) is 5.84. The summed E-state index contributed by atoms with van der Waals surface area (Å²) in [5.41, 5.74) is 1.16. The maximum absolute atomic E-state index is 10.9. The monoisotopic (exact) mass is 382 g/mol. The third kappa shape index (κ3) is 3.24. The van der Waals surface area contributed by atoms with Gasteiger partial charge in [-0.25, -0.2) is 0 Å². The molecule has 1 heterocycles. The van der Waals surface area contributed by atoms with E-state index in [1.165, 1.54) is 23.0 Å². The molecule has 0 unspecified atom stereocenters. The van der Waals surface area contributed by atoms with E-state index >= 15 is 0 Å². The molecule has 0 aliphatic rings. The summed E-state index contributed by atoms with van der Waals surface area (Å²) in [4.78, 5) is 11.7. The van der Waals surface area contributed by atoms with Gasteiger partial charge in [0.25, 0.3) is 5.69 Å². The Labute approximate surface area is 158 Å². The van der Waals surface area contributed by atoms with E-state index in [-0.39, 0.29) is 11.4 Å². The summed E-state index contributed by atoms with van der Waals surface area (Å²) in [5, 5.41) is 31.6. The van der Waals surface area contributed by atoms with Crippen molar-refractivity contribution in [3.8, 4) is 17.2 Å². The number of non-ortho nitro benzene ring substituents is 1. The fourth-order valence-electron chi connectivity index (χ4n) is 2.79. The van der Waals surface area contributed by atoms with Gasteiger partial charge in [0.1, 0.15) is 28.2 Å². The van der Waals surface area contributed by atoms with Crippen LogP contribution in [0.3, 0.4) is 0 Å². The van der Waals surface area contributed by atoms with E-state index in [4.69, 9.17) is 4.74 Å². The van der Waals surface area contributed by atoms with E-state index in [0.717, 1.165) is 10.8 Å². The number of ether oxygens (including phenoxy) is 1. The second kappa shape index (κ2) is 6.76. The van der Waals surface area contributed by atoms with Gasteiger partial charge in [-0.15, -0.1) is 15.0 Å². The summed E-state index contributed by atoms with van der Waals surface area (Å²) in [6.45, 7) is 0.491. The summed E-state index contributed by atoms with van der Waals surface area (Å²) >= 11 is 4.13. The number of hydrogen-bond acceptors (Lipinski definition) is 7. The van der Waals surface area contributed by atoms with Gasteiger partial charge in [0, 0.05) is 17.9 Å². The lowest BCUT2D eigenvalue weighted by molar-refractivity contribution is -0.384. The van der Waals surface area contributed by atoms with Crippen molar-refractivity contribution in [2.75, 3.05) is 12.4 Å². The maximum Gasteiger partial charge on any atom is 0.271 e. The molecule has 8 nitrogen and oxygen atoms in total. The van der Waals surface area contributed by atoms with Crippen LogP contribution >= 0.6 is 12.6 Å². The number of phenols is 1. The summed E-state index contributed by atoms with van der Waals surface area (Å²) in [7, 11) is 0. The third-order valence-corrected chi connectivity index (χ3v) is 4.24. The molecule has 0 amide bonds. The van der Waals surface area contributed by atoms with Gasteiger partial charge in [-0.1, -0.05) is 6.07 Å². The zero-order valence-corrected chi connectivity index (χ0v) is 14.8. The Morgan fingerprint density at radius 3 is 2.67 bits per heavy atom. The molecule has 0 saturated heterocycles. The molecule has 4 aromatic rings. The topological polar surface area (TPSA) is 103 Å². The van der Waals surface area contributed by atoms with Crippen LogP contribution in [0.4, 0.5) is 5.69 Å². The number of hydrogen-bond donors (Lipinski definition) is 2. The molecule has 0 saturated carbocycles. The Hall–Kier alpha value is -3.33. The molecule has 9 heteroatoms. The van der Waals surface area contributed by atoms with Gasteiger partial charge in [-0.2, -0.15) is 12.6 Å². The Kier molecular flexibility index (Phi) is 4.28. The largest absolute Gasteiger partial charge is 0.506 e.